The number of carbonyl (C=O) groups is 3. The summed E-state index contributed by atoms with van der Waals surface area (Å²) in [5.41, 5.74) is 1.52. The van der Waals surface area contributed by atoms with Crippen molar-refractivity contribution < 1.29 is 19.1 Å². The monoisotopic (exact) mass is 471 g/mol. The maximum Gasteiger partial charge on any atom is 0.265 e. The molecular weight excluding hydrogens is 450 g/mol. The lowest BCUT2D eigenvalue weighted by Crippen LogP contribution is -2.47. The van der Waals surface area contributed by atoms with Gasteiger partial charge in [0.1, 0.15) is 12.3 Å². The number of amides is 3. The summed E-state index contributed by atoms with van der Waals surface area (Å²) < 4.78 is 6.33. The van der Waals surface area contributed by atoms with E-state index in [0.29, 0.717) is 22.7 Å². The Labute approximate surface area is 183 Å². The van der Waals surface area contributed by atoms with Crippen LogP contribution in [0.3, 0.4) is 0 Å². The summed E-state index contributed by atoms with van der Waals surface area (Å²) in [5.74, 6) is -0.0976. The SMILES string of the molecule is O=C(Nc1ccc2c(c1)N(CC(=O)N1CCCCC1)C(=O)CO2)c1cccc(Br)c1. The molecule has 156 valence electrons. The summed E-state index contributed by atoms with van der Waals surface area (Å²) in [7, 11) is 0. The van der Waals surface area contributed by atoms with E-state index in [1.165, 1.54) is 4.90 Å². The van der Waals surface area contributed by atoms with Gasteiger partial charge in [-0.2, -0.15) is 0 Å². The largest absolute Gasteiger partial charge is 0.482 e. The molecule has 0 saturated carbocycles. The highest BCUT2D eigenvalue weighted by atomic mass is 79.9. The van der Waals surface area contributed by atoms with Crippen LogP contribution < -0.4 is 15.0 Å². The van der Waals surface area contributed by atoms with Gasteiger partial charge in [-0.3, -0.25) is 19.3 Å². The third-order valence-corrected chi connectivity index (χ3v) is 5.74. The molecule has 1 fully saturated rings. The predicted octanol–water partition coefficient (Wildman–Crippen LogP) is 3.44. The summed E-state index contributed by atoms with van der Waals surface area (Å²) in [6.45, 7) is 1.32. The Morgan fingerprint density at radius 2 is 1.87 bits per heavy atom. The number of carbonyl (C=O) groups excluding carboxylic acids is 3. The van der Waals surface area contributed by atoms with Gasteiger partial charge in [0.15, 0.2) is 6.61 Å². The first-order chi connectivity index (χ1) is 14.5. The van der Waals surface area contributed by atoms with Gasteiger partial charge in [0, 0.05) is 28.8 Å². The molecule has 4 rings (SSSR count). The fourth-order valence-electron chi connectivity index (χ4n) is 3.66. The molecule has 8 heteroatoms. The van der Waals surface area contributed by atoms with Gasteiger partial charge in [-0.05, 0) is 55.7 Å². The van der Waals surface area contributed by atoms with Crippen LogP contribution in [0.5, 0.6) is 5.75 Å². The molecule has 2 aromatic carbocycles. The van der Waals surface area contributed by atoms with Crippen molar-refractivity contribution in [2.75, 3.05) is 36.5 Å². The van der Waals surface area contributed by atoms with Gasteiger partial charge in [0.2, 0.25) is 5.91 Å². The Hall–Kier alpha value is -2.87. The fraction of sp³-hybridized carbons (Fsp3) is 0.318. The molecule has 0 atom stereocenters. The van der Waals surface area contributed by atoms with Crippen LogP contribution in [0.2, 0.25) is 0 Å². The first-order valence-electron chi connectivity index (χ1n) is 9.93. The zero-order chi connectivity index (χ0) is 21.1. The minimum Gasteiger partial charge on any atom is -0.482 e. The van der Waals surface area contributed by atoms with E-state index in [1.807, 2.05) is 11.0 Å². The third kappa shape index (κ3) is 4.48. The molecule has 0 spiro atoms. The molecule has 0 bridgehead atoms. The predicted molar refractivity (Wildman–Crippen MR) is 117 cm³/mol. The molecule has 3 amide bonds. The van der Waals surface area contributed by atoms with E-state index in [-0.39, 0.29) is 30.9 Å². The average molecular weight is 472 g/mol. The minimum atomic E-state index is -0.275. The molecule has 7 nitrogen and oxygen atoms in total. The highest BCUT2D eigenvalue weighted by Crippen LogP contribution is 2.35. The normalized spacial score (nSPS) is 16.0. The van der Waals surface area contributed by atoms with E-state index in [4.69, 9.17) is 4.74 Å². The summed E-state index contributed by atoms with van der Waals surface area (Å²) in [6, 6.07) is 12.2. The number of anilines is 2. The van der Waals surface area contributed by atoms with E-state index < -0.39 is 0 Å². The van der Waals surface area contributed by atoms with Crippen molar-refractivity contribution in [3.63, 3.8) is 0 Å². The smallest absolute Gasteiger partial charge is 0.265 e. The Morgan fingerprint density at radius 3 is 2.63 bits per heavy atom. The van der Waals surface area contributed by atoms with Crippen LogP contribution in [0.4, 0.5) is 11.4 Å². The van der Waals surface area contributed by atoms with Gasteiger partial charge in [0.05, 0.1) is 5.69 Å². The molecule has 2 aromatic rings. The lowest BCUT2D eigenvalue weighted by molar-refractivity contribution is -0.132. The molecule has 0 radical (unpaired) electrons. The van der Waals surface area contributed by atoms with Crippen molar-refractivity contribution in [3.05, 3.63) is 52.5 Å². The Kier molecular flexibility index (Phi) is 6.03. The highest BCUT2D eigenvalue weighted by Gasteiger charge is 2.29. The van der Waals surface area contributed by atoms with Crippen LogP contribution in [0.25, 0.3) is 0 Å². The number of halogens is 1. The van der Waals surface area contributed by atoms with Crippen molar-refractivity contribution in [1.29, 1.82) is 0 Å². The molecular formula is C22H22BrN3O4. The van der Waals surface area contributed by atoms with Crippen LogP contribution in [-0.2, 0) is 9.59 Å². The molecule has 2 heterocycles. The number of benzene rings is 2. The number of piperidine rings is 1. The second kappa shape index (κ2) is 8.87. The van der Waals surface area contributed by atoms with Crippen molar-refractivity contribution in [1.82, 2.24) is 4.90 Å². The third-order valence-electron chi connectivity index (χ3n) is 5.25. The fourth-order valence-corrected chi connectivity index (χ4v) is 4.06. The van der Waals surface area contributed by atoms with E-state index in [2.05, 4.69) is 21.2 Å². The number of rotatable bonds is 4. The highest BCUT2D eigenvalue weighted by molar-refractivity contribution is 9.10. The molecule has 2 aliphatic rings. The molecule has 0 unspecified atom stereocenters. The molecule has 30 heavy (non-hydrogen) atoms. The van der Waals surface area contributed by atoms with Gasteiger partial charge in [-0.1, -0.05) is 22.0 Å². The van der Waals surface area contributed by atoms with Crippen LogP contribution in [-0.4, -0.2) is 48.9 Å². The number of nitrogens with one attached hydrogen (secondary N) is 1. The number of ether oxygens (including phenoxy) is 1. The van der Waals surface area contributed by atoms with E-state index in [0.717, 1.165) is 36.8 Å². The second-order valence-electron chi connectivity index (χ2n) is 7.36. The number of likely N-dealkylation sites (tertiary alicyclic amines) is 1. The zero-order valence-corrected chi connectivity index (χ0v) is 18.0. The molecule has 1 saturated heterocycles. The van der Waals surface area contributed by atoms with Crippen LogP contribution in [0, 0.1) is 0 Å². The average Bonchev–Trinajstić information content (AvgIpc) is 2.76. The lowest BCUT2D eigenvalue weighted by Gasteiger charge is -2.33. The number of fused-ring (bicyclic) bond motifs is 1. The quantitative estimate of drug-likeness (QED) is 0.740. The first-order valence-corrected chi connectivity index (χ1v) is 10.7. The van der Waals surface area contributed by atoms with Crippen molar-refractivity contribution in [2.24, 2.45) is 0 Å². The van der Waals surface area contributed by atoms with Crippen molar-refractivity contribution in [2.45, 2.75) is 19.3 Å². The number of hydrogen-bond donors (Lipinski definition) is 1. The molecule has 1 N–H and O–H groups in total. The number of hydrogen-bond acceptors (Lipinski definition) is 4. The van der Waals surface area contributed by atoms with Crippen LogP contribution in [0.1, 0.15) is 29.6 Å². The second-order valence-corrected chi connectivity index (χ2v) is 8.27. The van der Waals surface area contributed by atoms with Crippen LogP contribution >= 0.6 is 15.9 Å². The van der Waals surface area contributed by atoms with Gasteiger partial charge in [-0.15, -0.1) is 0 Å². The van der Waals surface area contributed by atoms with E-state index in [1.54, 1.807) is 36.4 Å². The standard InChI is InChI=1S/C22H22BrN3O4/c23-16-6-4-5-15(11-16)22(29)24-17-7-8-19-18(12-17)26(21(28)14-30-19)13-20(27)25-9-2-1-3-10-25/h4-8,11-12H,1-3,9-10,13-14H2,(H,24,29). The van der Waals surface area contributed by atoms with Gasteiger partial charge in [0.25, 0.3) is 11.8 Å². The topological polar surface area (TPSA) is 79.0 Å². The lowest BCUT2D eigenvalue weighted by atomic mass is 10.1. The summed E-state index contributed by atoms with van der Waals surface area (Å²) >= 11 is 3.36. The Morgan fingerprint density at radius 1 is 1.07 bits per heavy atom. The van der Waals surface area contributed by atoms with Gasteiger partial charge in [-0.25, -0.2) is 0 Å². The van der Waals surface area contributed by atoms with Gasteiger partial charge < -0.3 is 15.0 Å². The minimum absolute atomic E-state index is 0.0295. The molecule has 0 aromatic heterocycles. The maximum absolute atomic E-state index is 12.7. The van der Waals surface area contributed by atoms with E-state index in [9.17, 15) is 14.4 Å². The Balaban J connectivity index is 1.53. The Bertz CT molecular complexity index is 988. The number of nitrogens with zero attached hydrogens (tertiary/aromatic N) is 2. The van der Waals surface area contributed by atoms with Gasteiger partial charge >= 0.3 is 0 Å². The van der Waals surface area contributed by atoms with Crippen molar-refractivity contribution in [3.8, 4) is 5.75 Å². The van der Waals surface area contributed by atoms with E-state index >= 15 is 0 Å². The first kappa shape index (κ1) is 20.4. The van der Waals surface area contributed by atoms with Crippen molar-refractivity contribution >= 4 is 45.0 Å². The van der Waals surface area contributed by atoms with Crippen LogP contribution in [0.15, 0.2) is 46.9 Å². The summed E-state index contributed by atoms with van der Waals surface area (Å²) in [5, 5.41) is 2.84. The maximum atomic E-state index is 12.7. The molecule has 0 aliphatic carbocycles. The zero-order valence-electron chi connectivity index (χ0n) is 16.4. The molecule has 2 aliphatic heterocycles. The summed E-state index contributed by atoms with van der Waals surface area (Å²) in [6.07, 6.45) is 3.11. The summed E-state index contributed by atoms with van der Waals surface area (Å²) in [4.78, 5) is 41.0.